The Morgan fingerprint density at radius 3 is 2.71 bits per heavy atom. The van der Waals surface area contributed by atoms with E-state index < -0.39 is 11.4 Å². The van der Waals surface area contributed by atoms with Crippen molar-refractivity contribution in [2.45, 2.75) is 26.2 Å². The molecule has 2 aromatic carbocycles. The summed E-state index contributed by atoms with van der Waals surface area (Å²) in [6.45, 7) is 2.89. The summed E-state index contributed by atoms with van der Waals surface area (Å²) in [5, 5.41) is 10.1. The molecular weight excluding hydrogens is 358 g/mol. The molecule has 4 rings (SSSR count). The number of hydrogen-bond donors (Lipinski definition) is 1. The molecule has 146 valence electrons. The third-order valence-corrected chi connectivity index (χ3v) is 5.73. The van der Waals surface area contributed by atoms with Gasteiger partial charge >= 0.3 is 5.97 Å². The zero-order valence-corrected chi connectivity index (χ0v) is 15.8. The number of aryl methyl sites for hydroxylation is 1. The third kappa shape index (κ3) is 3.30. The quantitative estimate of drug-likeness (QED) is 0.880. The molecule has 6 heteroatoms. The maximum absolute atomic E-state index is 13.1. The first-order chi connectivity index (χ1) is 13.5. The highest BCUT2D eigenvalue weighted by atomic mass is 16.7. The van der Waals surface area contributed by atoms with E-state index in [1.54, 1.807) is 23.1 Å². The number of rotatable bonds is 4. The number of carbonyl (C=O) groups is 2. The van der Waals surface area contributed by atoms with Crippen molar-refractivity contribution in [3.63, 3.8) is 0 Å². The average molecular weight is 381 g/mol. The first kappa shape index (κ1) is 18.3. The monoisotopic (exact) mass is 381 g/mol. The van der Waals surface area contributed by atoms with E-state index in [0.717, 1.165) is 11.1 Å². The Labute approximate surface area is 163 Å². The molecule has 0 radical (unpaired) electrons. The number of carboxylic acids is 1. The summed E-state index contributed by atoms with van der Waals surface area (Å²) in [5.41, 5.74) is 1.60. The van der Waals surface area contributed by atoms with Gasteiger partial charge in [-0.15, -0.1) is 0 Å². The summed E-state index contributed by atoms with van der Waals surface area (Å²) < 4.78 is 10.7. The lowest BCUT2D eigenvalue weighted by Crippen LogP contribution is -2.51. The van der Waals surface area contributed by atoms with Crippen molar-refractivity contribution in [1.82, 2.24) is 4.90 Å². The molecule has 2 heterocycles. The highest BCUT2D eigenvalue weighted by Crippen LogP contribution is 2.37. The number of ether oxygens (including phenoxy) is 2. The largest absolute Gasteiger partial charge is 0.481 e. The topological polar surface area (TPSA) is 76.1 Å². The van der Waals surface area contributed by atoms with Crippen LogP contribution in [-0.4, -0.2) is 41.8 Å². The second-order valence-electron chi connectivity index (χ2n) is 7.59. The summed E-state index contributed by atoms with van der Waals surface area (Å²) in [6, 6.07) is 12.9. The van der Waals surface area contributed by atoms with Crippen LogP contribution in [0.25, 0.3) is 0 Å². The lowest BCUT2D eigenvalue weighted by molar-refractivity contribution is -0.151. The summed E-state index contributed by atoms with van der Waals surface area (Å²) in [7, 11) is 0. The maximum atomic E-state index is 13.1. The standard InChI is InChI=1S/C22H23NO5/c1-15-5-2-3-6-17(15)12-22(21(25)26)9-4-10-23(13-22)20(24)16-7-8-18-19(11-16)28-14-27-18/h2-3,5-8,11H,4,9-10,12-14H2,1H3,(H,25,26)/t22-/m0/s1. The first-order valence-electron chi connectivity index (χ1n) is 9.45. The van der Waals surface area contributed by atoms with Crippen LogP contribution in [0.4, 0.5) is 0 Å². The number of fused-ring (bicyclic) bond motifs is 1. The maximum Gasteiger partial charge on any atom is 0.311 e. The summed E-state index contributed by atoms with van der Waals surface area (Å²) in [5.74, 6) is 0.147. The van der Waals surface area contributed by atoms with E-state index in [0.29, 0.717) is 42.9 Å². The minimum Gasteiger partial charge on any atom is -0.481 e. The Morgan fingerprint density at radius 2 is 1.93 bits per heavy atom. The van der Waals surface area contributed by atoms with Crippen molar-refractivity contribution in [2.24, 2.45) is 5.41 Å². The van der Waals surface area contributed by atoms with Crippen LogP contribution in [-0.2, 0) is 11.2 Å². The summed E-state index contributed by atoms with van der Waals surface area (Å²) >= 11 is 0. The average Bonchev–Trinajstić information content (AvgIpc) is 3.17. The fourth-order valence-corrected chi connectivity index (χ4v) is 4.08. The van der Waals surface area contributed by atoms with Gasteiger partial charge in [0.25, 0.3) is 5.91 Å². The number of nitrogens with zero attached hydrogens (tertiary/aromatic N) is 1. The second kappa shape index (κ2) is 7.19. The number of amides is 1. The fraction of sp³-hybridized carbons (Fsp3) is 0.364. The predicted molar refractivity (Wildman–Crippen MR) is 103 cm³/mol. The molecule has 28 heavy (non-hydrogen) atoms. The molecule has 1 N–H and O–H groups in total. The lowest BCUT2D eigenvalue weighted by atomic mass is 9.74. The Hall–Kier alpha value is -3.02. The van der Waals surface area contributed by atoms with Crippen LogP contribution in [0.1, 0.15) is 34.3 Å². The van der Waals surface area contributed by atoms with Gasteiger partial charge in [-0.05, 0) is 55.5 Å². The number of hydrogen-bond acceptors (Lipinski definition) is 4. The van der Waals surface area contributed by atoms with Crippen LogP contribution in [0.2, 0.25) is 0 Å². The fourth-order valence-electron chi connectivity index (χ4n) is 4.08. The molecule has 1 atom stereocenters. The van der Waals surface area contributed by atoms with E-state index in [4.69, 9.17) is 9.47 Å². The third-order valence-electron chi connectivity index (χ3n) is 5.73. The molecule has 0 spiro atoms. The summed E-state index contributed by atoms with van der Waals surface area (Å²) in [6.07, 6.45) is 1.63. The van der Waals surface area contributed by atoms with Crippen LogP contribution in [0.3, 0.4) is 0 Å². The van der Waals surface area contributed by atoms with Gasteiger partial charge in [0.15, 0.2) is 11.5 Å². The number of carbonyl (C=O) groups excluding carboxylic acids is 1. The zero-order chi connectivity index (χ0) is 19.7. The number of carboxylic acid groups (broad SMARTS) is 1. The molecule has 6 nitrogen and oxygen atoms in total. The van der Waals surface area contributed by atoms with Crippen molar-refractivity contribution < 1.29 is 24.2 Å². The van der Waals surface area contributed by atoms with Gasteiger partial charge in [0.1, 0.15) is 0 Å². The van der Waals surface area contributed by atoms with E-state index in [-0.39, 0.29) is 19.2 Å². The highest BCUT2D eigenvalue weighted by molar-refractivity contribution is 5.95. The smallest absolute Gasteiger partial charge is 0.311 e. The molecule has 2 aromatic rings. The van der Waals surface area contributed by atoms with E-state index in [9.17, 15) is 14.7 Å². The Balaban J connectivity index is 1.58. The SMILES string of the molecule is Cc1ccccc1C[C@@]1(C(=O)O)CCCN(C(=O)c2ccc3c(c2)OCO3)C1. The van der Waals surface area contributed by atoms with Crippen molar-refractivity contribution >= 4 is 11.9 Å². The molecule has 1 fully saturated rings. The first-order valence-corrected chi connectivity index (χ1v) is 9.45. The Bertz CT molecular complexity index is 925. The molecule has 0 aliphatic carbocycles. The van der Waals surface area contributed by atoms with Gasteiger partial charge in [0.2, 0.25) is 6.79 Å². The molecule has 0 bridgehead atoms. The van der Waals surface area contributed by atoms with Gasteiger partial charge in [-0.2, -0.15) is 0 Å². The minimum absolute atomic E-state index is 0.148. The summed E-state index contributed by atoms with van der Waals surface area (Å²) in [4.78, 5) is 27.0. The molecule has 1 amide bonds. The van der Waals surface area contributed by atoms with Crippen LogP contribution in [0.5, 0.6) is 11.5 Å². The van der Waals surface area contributed by atoms with Crippen LogP contribution in [0, 0.1) is 12.3 Å². The molecule has 2 aliphatic rings. The molecule has 0 saturated carbocycles. The van der Waals surface area contributed by atoms with Crippen LogP contribution < -0.4 is 9.47 Å². The van der Waals surface area contributed by atoms with Crippen molar-refractivity contribution in [1.29, 1.82) is 0 Å². The van der Waals surface area contributed by atoms with Crippen molar-refractivity contribution in [3.8, 4) is 11.5 Å². The van der Waals surface area contributed by atoms with E-state index in [2.05, 4.69) is 0 Å². The van der Waals surface area contributed by atoms with Crippen molar-refractivity contribution in [2.75, 3.05) is 19.9 Å². The predicted octanol–water partition coefficient (Wildman–Crippen LogP) is 3.27. The normalized spacial score (nSPS) is 20.8. The minimum atomic E-state index is -0.976. The number of aliphatic carboxylic acids is 1. The van der Waals surface area contributed by atoms with E-state index >= 15 is 0 Å². The molecule has 2 aliphatic heterocycles. The molecule has 0 aromatic heterocycles. The Morgan fingerprint density at radius 1 is 1.14 bits per heavy atom. The van der Waals surface area contributed by atoms with Gasteiger partial charge in [0, 0.05) is 18.7 Å². The lowest BCUT2D eigenvalue weighted by Gasteiger charge is -2.40. The van der Waals surface area contributed by atoms with Crippen LogP contribution in [0.15, 0.2) is 42.5 Å². The zero-order valence-electron chi connectivity index (χ0n) is 15.8. The van der Waals surface area contributed by atoms with E-state index in [1.165, 1.54) is 0 Å². The molecule has 1 saturated heterocycles. The Kier molecular flexibility index (Phi) is 4.71. The molecular formula is C22H23NO5. The van der Waals surface area contributed by atoms with E-state index in [1.807, 2.05) is 31.2 Å². The van der Waals surface area contributed by atoms with Gasteiger partial charge in [0.05, 0.1) is 5.41 Å². The number of piperidine rings is 1. The van der Waals surface area contributed by atoms with Crippen LogP contribution >= 0.6 is 0 Å². The number of benzene rings is 2. The van der Waals surface area contributed by atoms with Crippen molar-refractivity contribution in [3.05, 3.63) is 59.2 Å². The van der Waals surface area contributed by atoms with Gasteiger partial charge in [-0.3, -0.25) is 9.59 Å². The number of likely N-dealkylation sites (tertiary alicyclic amines) is 1. The molecule has 0 unspecified atom stereocenters. The second-order valence-corrected chi connectivity index (χ2v) is 7.59. The van der Waals surface area contributed by atoms with Gasteiger partial charge < -0.3 is 19.5 Å². The highest BCUT2D eigenvalue weighted by Gasteiger charge is 2.44. The van der Waals surface area contributed by atoms with Gasteiger partial charge in [-0.25, -0.2) is 0 Å². The van der Waals surface area contributed by atoms with Gasteiger partial charge in [-0.1, -0.05) is 24.3 Å².